The molecule has 0 spiro atoms. The fraction of sp³-hybridized carbons (Fsp3) is 0.579. The van der Waals surface area contributed by atoms with E-state index < -0.39 is 0 Å². The molecule has 0 aromatic heterocycles. The minimum atomic E-state index is 0.00260. The van der Waals surface area contributed by atoms with Gasteiger partial charge in [0.15, 0.2) is 5.78 Å². The summed E-state index contributed by atoms with van der Waals surface area (Å²) >= 11 is 0. The molecule has 1 amide bonds. The Balaban J connectivity index is 2.73. The van der Waals surface area contributed by atoms with Gasteiger partial charge >= 0.3 is 0 Å². The topological polar surface area (TPSA) is 58.6 Å². The maximum absolute atomic E-state index is 12.0. The normalized spacial score (nSPS) is 11.0. The molecule has 134 valence electrons. The van der Waals surface area contributed by atoms with E-state index in [4.69, 9.17) is 4.74 Å². The molecule has 1 rings (SSSR count). The van der Waals surface area contributed by atoms with Gasteiger partial charge in [0.05, 0.1) is 6.54 Å². The molecule has 0 atom stereocenters. The van der Waals surface area contributed by atoms with Gasteiger partial charge in [-0.1, -0.05) is 6.07 Å². The summed E-state index contributed by atoms with van der Waals surface area (Å²) in [6.07, 6.45) is 0.810. The molecule has 1 aromatic carbocycles. The molecule has 1 aromatic rings. The average Bonchev–Trinajstić information content (AvgIpc) is 2.47. The molecule has 24 heavy (non-hydrogen) atoms. The van der Waals surface area contributed by atoms with Crippen LogP contribution in [0, 0.1) is 20.8 Å². The number of Topliss-reactive ketones (excluding diaryl/α,β-unsaturated/α-hetero) is 1. The third-order valence-corrected chi connectivity index (χ3v) is 4.17. The van der Waals surface area contributed by atoms with Crippen molar-refractivity contribution in [3.63, 3.8) is 0 Å². The van der Waals surface area contributed by atoms with Crippen LogP contribution in [-0.2, 0) is 16.1 Å². The van der Waals surface area contributed by atoms with Gasteiger partial charge in [-0.3, -0.25) is 14.5 Å². The van der Waals surface area contributed by atoms with Gasteiger partial charge in [0.2, 0.25) is 5.91 Å². The summed E-state index contributed by atoms with van der Waals surface area (Å²) in [5, 5.41) is 2.89. The fourth-order valence-electron chi connectivity index (χ4n) is 3.08. The molecule has 1 N–H and O–H groups in total. The summed E-state index contributed by atoms with van der Waals surface area (Å²) in [5.41, 5.74) is 5.11. The number of carbonyl (C=O) groups is 2. The first-order valence-corrected chi connectivity index (χ1v) is 8.32. The Kier molecular flexibility index (Phi) is 8.08. The van der Waals surface area contributed by atoms with E-state index in [0.29, 0.717) is 26.2 Å². The van der Waals surface area contributed by atoms with Gasteiger partial charge in [-0.15, -0.1) is 0 Å². The minimum Gasteiger partial charge on any atom is -0.385 e. The number of nitrogens with zero attached hydrogens (tertiary/aromatic N) is 1. The van der Waals surface area contributed by atoms with Crippen molar-refractivity contribution in [3.05, 3.63) is 33.9 Å². The lowest BCUT2D eigenvalue weighted by Crippen LogP contribution is -2.35. The number of amides is 1. The van der Waals surface area contributed by atoms with Crippen LogP contribution >= 0.6 is 0 Å². The van der Waals surface area contributed by atoms with Crippen molar-refractivity contribution in [3.8, 4) is 0 Å². The predicted octanol–water partition coefficient (Wildman–Crippen LogP) is 2.40. The highest BCUT2D eigenvalue weighted by Crippen LogP contribution is 2.23. The van der Waals surface area contributed by atoms with Crippen LogP contribution in [0.1, 0.15) is 46.0 Å². The van der Waals surface area contributed by atoms with Crippen molar-refractivity contribution >= 4 is 11.7 Å². The first-order valence-electron chi connectivity index (χ1n) is 8.32. The summed E-state index contributed by atoms with van der Waals surface area (Å²) in [5.74, 6) is 0.0904. The molecule has 0 saturated carbocycles. The lowest BCUT2D eigenvalue weighted by molar-refractivity contribution is -0.122. The number of benzene rings is 1. The van der Waals surface area contributed by atoms with Gasteiger partial charge in [0.1, 0.15) is 0 Å². The molecule has 0 aliphatic carbocycles. The molecule has 0 radical (unpaired) electrons. The molecule has 0 fully saturated rings. The van der Waals surface area contributed by atoms with E-state index in [2.05, 4.69) is 18.3 Å². The number of ether oxygens (including phenoxy) is 1. The number of aryl methyl sites for hydroxylation is 2. The highest BCUT2D eigenvalue weighted by Gasteiger charge is 2.16. The Morgan fingerprint density at radius 3 is 2.46 bits per heavy atom. The van der Waals surface area contributed by atoms with E-state index in [-0.39, 0.29) is 11.7 Å². The summed E-state index contributed by atoms with van der Waals surface area (Å²) in [4.78, 5) is 25.8. The fourth-order valence-corrected chi connectivity index (χ4v) is 3.08. The van der Waals surface area contributed by atoms with Crippen LogP contribution in [0.25, 0.3) is 0 Å². The van der Waals surface area contributed by atoms with Crippen molar-refractivity contribution < 1.29 is 14.3 Å². The number of carbonyl (C=O) groups excluding carboxylic acids is 2. The van der Waals surface area contributed by atoms with E-state index in [9.17, 15) is 9.59 Å². The second-order valence-corrected chi connectivity index (χ2v) is 6.41. The highest BCUT2D eigenvalue weighted by atomic mass is 16.5. The standard InChI is InChI=1S/C19H30N2O3/c1-13-10-14(2)19(16(4)22)15(3)17(13)11-21(5)12-18(23)20-8-7-9-24-6/h10H,7-9,11-12H2,1-6H3,(H,20,23). The van der Waals surface area contributed by atoms with Crippen molar-refractivity contribution in [2.45, 2.75) is 40.7 Å². The average molecular weight is 334 g/mol. The third kappa shape index (κ3) is 5.73. The Labute approximate surface area is 145 Å². The van der Waals surface area contributed by atoms with Gasteiger partial charge in [-0.2, -0.15) is 0 Å². The molecular formula is C19H30N2O3. The number of ketones is 1. The van der Waals surface area contributed by atoms with E-state index >= 15 is 0 Å². The summed E-state index contributed by atoms with van der Waals surface area (Å²) in [7, 11) is 3.57. The Hall–Kier alpha value is -1.72. The van der Waals surface area contributed by atoms with Crippen molar-refractivity contribution in [2.24, 2.45) is 0 Å². The largest absolute Gasteiger partial charge is 0.385 e. The number of rotatable bonds is 9. The number of nitrogens with one attached hydrogen (secondary N) is 1. The Morgan fingerprint density at radius 2 is 1.88 bits per heavy atom. The molecule has 0 bridgehead atoms. The first kappa shape index (κ1) is 20.3. The SMILES string of the molecule is COCCCNC(=O)CN(C)Cc1c(C)cc(C)c(C(C)=O)c1C. The quantitative estimate of drug-likeness (QED) is 0.556. The molecule has 0 aliphatic rings. The maximum atomic E-state index is 12.0. The van der Waals surface area contributed by atoms with Crippen LogP contribution in [-0.4, -0.2) is 50.4 Å². The summed E-state index contributed by atoms with van der Waals surface area (Å²) in [6, 6.07) is 2.05. The highest BCUT2D eigenvalue weighted by molar-refractivity contribution is 5.97. The van der Waals surface area contributed by atoms with Crippen molar-refractivity contribution in [1.29, 1.82) is 0 Å². The van der Waals surface area contributed by atoms with Gasteiger partial charge in [0, 0.05) is 32.4 Å². The minimum absolute atomic E-state index is 0.00260. The van der Waals surface area contributed by atoms with Crippen molar-refractivity contribution in [2.75, 3.05) is 33.9 Å². The maximum Gasteiger partial charge on any atom is 0.234 e. The predicted molar refractivity (Wildman–Crippen MR) is 96.5 cm³/mol. The summed E-state index contributed by atoms with van der Waals surface area (Å²) < 4.78 is 4.96. The second kappa shape index (κ2) is 9.55. The molecule has 0 aliphatic heterocycles. The Morgan fingerprint density at radius 1 is 1.21 bits per heavy atom. The lowest BCUT2D eigenvalue weighted by Gasteiger charge is -2.21. The Bertz CT molecular complexity index is 597. The lowest BCUT2D eigenvalue weighted by atomic mass is 9.91. The zero-order valence-electron chi connectivity index (χ0n) is 15.8. The van der Waals surface area contributed by atoms with Crippen LogP contribution in [0.15, 0.2) is 6.07 Å². The van der Waals surface area contributed by atoms with E-state index in [1.165, 1.54) is 0 Å². The zero-order valence-corrected chi connectivity index (χ0v) is 15.8. The number of likely N-dealkylation sites (N-methyl/N-ethyl adjacent to an activating group) is 1. The van der Waals surface area contributed by atoms with Crippen molar-refractivity contribution in [1.82, 2.24) is 10.2 Å². The molecule has 0 unspecified atom stereocenters. The molecule has 5 heteroatoms. The molecular weight excluding hydrogens is 304 g/mol. The van der Waals surface area contributed by atoms with E-state index in [0.717, 1.165) is 34.2 Å². The van der Waals surface area contributed by atoms with Gasteiger partial charge in [0.25, 0.3) is 0 Å². The van der Waals surface area contributed by atoms with Crippen LogP contribution in [0.4, 0.5) is 0 Å². The van der Waals surface area contributed by atoms with Crippen LogP contribution in [0.5, 0.6) is 0 Å². The van der Waals surface area contributed by atoms with Crippen LogP contribution in [0.2, 0.25) is 0 Å². The third-order valence-electron chi connectivity index (χ3n) is 4.17. The van der Waals surface area contributed by atoms with Gasteiger partial charge in [-0.25, -0.2) is 0 Å². The molecule has 5 nitrogen and oxygen atoms in total. The zero-order chi connectivity index (χ0) is 18.3. The van der Waals surface area contributed by atoms with E-state index in [1.54, 1.807) is 14.0 Å². The van der Waals surface area contributed by atoms with Crippen LogP contribution in [0.3, 0.4) is 0 Å². The number of hydrogen-bond donors (Lipinski definition) is 1. The molecule has 0 heterocycles. The van der Waals surface area contributed by atoms with Crippen LogP contribution < -0.4 is 5.32 Å². The summed E-state index contributed by atoms with van der Waals surface area (Å²) in [6.45, 7) is 9.86. The van der Waals surface area contributed by atoms with E-state index in [1.807, 2.05) is 25.8 Å². The monoisotopic (exact) mass is 334 g/mol. The number of methoxy groups -OCH3 is 1. The number of hydrogen-bond acceptors (Lipinski definition) is 4. The smallest absolute Gasteiger partial charge is 0.234 e. The first-order chi connectivity index (χ1) is 11.3. The molecule has 0 saturated heterocycles. The van der Waals surface area contributed by atoms with Gasteiger partial charge < -0.3 is 10.1 Å². The second-order valence-electron chi connectivity index (χ2n) is 6.41. The van der Waals surface area contributed by atoms with Gasteiger partial charge in [-0.05, 0) is 63.4 Å².